The molecule has 56 heavy (non-hydrogen) atoms. The molecular weight excluding hydrogens is 687 g/mol. The topological polar surface area (TPSA) is 57.6 Å². The summed E-state index contributed by atoms with van der Waals surface area (Å²) in [6, 6.07) is 66.8. The molecule has 0 spiro atoms. The molecule has 8 rings (SSSR count). The molecule has 0 aliphatic heterocycles. The molecule has 8 aromatic rings. The maximum atomic E-state index is 11.9. The Hall–Kier alpha value is -7.56. The van der Waals surface area contributed by atoms with Crippen molar-refractivity contribution in [3.05, 3.63) is 259 Å². The Morgan fingerprint density at radius 2 is 0.696 bits per heavy atom. The first-order valence-corrected chi connectivity index (χ1v) is 18.5. The van der Waals surface area contributed by atoms with E-state index in [1.54, 1.807) is 6.08 Å². The lowest BCUT2D eigenvalue weighted by molar-refractivity contribution is 0.461. The zero-order chi connectivity index (χ0) is 38.3. The van der Waals surface area contributed by atoms with Crippen molar-refractivity contribution >= 4 is 52.5 Å². The van der Waals surface area contributed by atoms with Crippen LogP contribution in [0.2, 0.25) is 0 Å². The molecule has 0 atom stereocenters. The molecular formula is C52H37NO3. The molecule has 0 fully saturated rings. The van der Waals surface area contributed by atoms with E-state index >= 15 is 0 Å². The zero-order valence-corrected chi connectivity index (χ0v) is 30.5. The van der Waals surface area contributed by atoms with Crippen LogP contribution in [0.5, 0.6) is 5.75 Å². The number of benzene rings is 7. The summed E-state index contributed by atoms with van der Waals surface area (Å²) < 4.78 is 0. The van der Waals surface area contributed by atoms with Crippen LogP contribution in [0.15, 0.2) is 204 Å². The van der Waals surface area contributed by atoms with Crippen molar-refractivity contribution < 1.29 is 5.11 Å². The molecule has 8 aromatic carbocycles. The number of hydrogen-bond donors (Lipinski definition) is 1. The monoisotopic (exact) mass is 723 g/mol. The third-order valence-electron chi connectivity index (χ3n) is 9.78. The third kappa shape index (κ3) is 7.72. The fraction of sp³-hybridized carbons (Fsp3) is 0. The van der Waals surface area contributed by atoms with Crippen molar-refractivity contribution in [2.24, 2.45) is 0 Å². The maximum absolute atomic E-state index is 11.9. The van der Waals surface area contributed by atoms with E-state index in [4.69, 9.17) is 0 Å². The molecule has 4 heteroatoms. The molecule has 0 bridgehead atoms. The first-order valence-electron chi connectivity index (χ1n) is 18.5. The zero-order valence-electron chi connectivity index (χ0n) is 30.5. The van der Waals surface area contributed by atoms with Gasteiger partial charge in [0.1, 0.15) is 0 Å². The highest BCUT2D eigenvalue weighted by molar-refractivity contribution is 5.93. The molecule has 0 heterocycles. The van der Waals surface area contributed by atoms with E-state index in [1.807, 2.05) is 48.5 Å². The Kier molecular flexibility index (Phi) is 10.3. The van der Waals surface area contributed by atoms with Crippen molar-refractivity contribution in [1.82, 2.24) is 0 Å². The fourth-order valence-corrected chi connectivity index (χ4v) is 6.82. The SMILES string of the molecule is O=c1c(O)c(/C=C/c2ccc(N(c3ccc(C=C(c4ccccc4)c4ccccc4)cc3)c3ccc(C=C(c4ccccc4)c4ccccc4)cc3)cc2)c1=O. The first-order chi connectivity index (χ1) is 27.5. The van der Waals surface area contributed by atoms with Crippen LogP contribution in [0, 0.1) is 0 Å². The molecule has 0 saturated heterocycles. The summed E-state index contributed by atoms with van der Waals surface area (Å²) >= 11 is 0. The van der Waals surface area contributed by atoms with Gasteiger partial charge in [0, 0.05) is 17.1 Å². The second-order valence-corrected chi connectivity index (χ2v) is 13.4. The largest absolute Gasteiger partial charge is 0.504 e. The van der Waals surface area contributed by atoms with Crippen molar-refractivity contribution in [3.63, 3.8) is 0 Å². The smallest absolute Gasteiger partial charge is 0.268 e. The summed E-state index contributed by atoms with van der Waals surface area (Å²) in [6.45, 7) is 0. The second kappa shape index (κ2) is 16.2. The second-order valence-electron chi connectivity index (χ2n) is 13.4. The van der Waals surface area contributed by atoms with Gasteiger partial charge in [0.15, 0.2) is 5.75 Å². The molecule has 268 valence electrons. The van der Waals surface area contributed by atoms with Gasteiger partial charge in [0.05, 0.1) is 5.56 Å². The van der Waals surface area contributed by atoms with Crippen molar-refractivity contribution in [3.8, 4) is 5.75 Å². The molecule has 0 saturated carbocycles. The number of hydrogen-bond acceptors (Lipinski definition) is 4. The number of rotatable bonds is 11. The van der Waals surface area contributed by atoms with E-state index in [-0.39, 0.29) is 5.56 Å². The van der Waals surface area contributed by atoms with Gasteiger partial charge in [-0.3, -0.25) is 9.59 Å². The van der Waals surface area contributed by atoms with Gasteiger partial charge in [-0.15, -0.1) is 0 Å². The Balaban J connectivity index is 1.16. The van der Waals surface area contributed by atoms with Crippen molar-refractivity contribution in [1.29, 1.82) is 0 Å². The number of anilines is 3. The summed E-state index contributed by atoms with van der Waals surface area (Å²) in [4.78, 5) is 25.6. The van der Waals surface area contributed by atoms with Crippen LogP contribution < -0.4 is 15.8 Å². The molecule has 0 unspecified atom stereocenters. The van der Waals surface area contributed by atoms with Gasteiger partial charge in [0.25, 0.3) is 5.43 Å². The molecule has 0 amide bonds. The van der Waals surface area contributed by atoms with E-state index in [1.165, 1.54) is 6.08 Å². The minimum Gasteiger partial charge on any atom is -0.504 e. The lowest BCUT2D eigenvalue weighted by atomic mass is 9.95. The summed E-state index contributed by atoms with van der Waals surface area (Å²) in [5.41, 5.74) is 11.3. The average Bonchev–Trinajstić information content (AvgIpc) is 3.27. The van der Waals surface area contributed by atoms with Crippen LogP contribution in [0.4, 0.5) is 17.1 Å². The highest BCUT2D eigenvalue weighted by Crippen LogP contribution is 2.36. The van der Waals surface area contributed by atoms with Gasteiger partial charge in [-0.1, -0.05) is 164 Å². The van der Waals surface area contributed by atoms with Gasteiger partial charge in [-0.25, -0.2) is 0 Å². The van der Waals surface area contributed by atoms with Gasteiger partial charge in [0.2, 0.25) is 5.43 Å². The predicted octanol–water partition coefficient (Wildman–Crippen LogP) is 11.8. The first kappa shape index (κ1) is 35.5. The van der Waals surface area contributed by atoms with Gasteiger partial charge in [-0.2, -0.15) is 0 Å². The van der Waals surface area contributed by atoms with Gasteiger partial charge < -0.3 is 10.0 Å². The van der Waals surface area contributed by atoms with Gasteiger partial charge >= 0.3 is 0 Å². The Morgan fingerprint density at radius 1 is 0.375 bits per heavy atom. The molecule has 4 nitrogen and oxygen atoms in total. The van der Waals surface area contributed by atoms with E-state index in [9.17, 15) is 14.7 Å². The Labute approximate surface area is 326 Å². The van der Waals surface area contributed by atoms with Crippen LogP contribution in [-0.2, 0) is 0 Å². The normalized spacial score (nSPS) is 11.0. The summed E-state index contributed by atoms with van der Waals surface area (Å²) in [7, 11) is 0. The fourth-order valence-electron chi connectivity index (χ4n) is 6.82. The molecule has 0 radical (unpaired) electrons. The van der Waals surface area contributed by atoms with E-state index in [0.717, 1.165) is 67.2 Å². The molecule has 0 aromatic heterocycles. The van der Waals surface area contributed by atoms with E-state index in [2.05, 4.69) is 163 Å². The number of aromatic hydroxyl groups is 1. The Morgan fingerprint density at radius 3 is 1.02 bits per heavy atom. The average molecular weight is 724 g/mol. The van der Waals surface area contributed by atoms with Crippen LogP contribution in [0.25, 0.3) is 35.5 Å². The maximum Gasteiger partial charge on any atom is 0.268 e. The third-order valence-corrected chi connectivity index (χ3v) is 9.78. The highest BCUT2D eigenvalue weighted by atomic mass is 16.3. The van der Waals surface area contributed by atoms with Crippen LogP contribution >= 0.6 is 0 Å². The van der Waals surface area contributed by atoms with Crippen LogP contribution in [0.1, 0.15) is 44.5 Å². The van der Waals surface area contributed by atoms with Crippen LogP contribution in [0.3, 0.4) is 0 Å². The van der Waals surface area contributed by atoms with Crippen molar-refractivity contribution in [2.45, 2.75) is 0 Å². The molecule has 1 N–H and O–H groups in total. The summed E-state index contributed by atoms with van der Waals surface area (Å²) in [5, 5.41) is 9.81. The minimum atomic E-state index is -0.841. The summed E-state index contributed by atoms with van der Waals surface area (Å²) in [5.74, 6) is -0.482. The lowest BCUT2D eigenvalue weighted by Gasteiger charge is -2.26. The lowest BCUT2D eigenvalue weighted by Crippen LogP contribution is -2.32. The van der Waals surface area contributed by atoms with Crippen LogP contribution in [-0.4, -0.2) is 5.11 Å². The van der Waals surface area contributed by atoms with Gasteiger partial charge in [-0.05, 0) is 105 Å². The Bertz CT molecular complexity index is 2510. The van der Waals surface area contributed by atoms with Crippen molar-refractivity contribution in [2.75, 3.05) is 4.90 Å². The quantitative estimate of drug-likeness (QED) is 0.107. The molecule has 0 aliphatic rings. The predicted molar refractivity (Wildman–Crippen MR) is 233 cm³/mol. The highest BCUT2D eigenvalue weighted by Gasteiger charge is 2.17. The van der Waals surface area contributed by atoms with E-state index in [0.29, 0.717) is 0 Å². The van der Waals surface area contributed by atoms with E-state index < -0.39 is 16.6 Å². The number of nitrogens with zero attached hydrogens (tertiary/aromatic N) is 1. The molecule has 0 aliphatic carbocycles. The minimum absolute atomic E-state index is 0.0364. The standard InChI is InChI=1S/C52H37NO3/c54-50-47(51(55)52(50)56)34-27-37-21-28-44(29-22-37)53(45-30-23-38(24-31-45)35-48(40-13-5-1-6-14-40)41-15-7-2-8-16-41)46-32-25-39(26-33-46)36-49(42-17-9-3-10-18-42)43-19-11-4-12-20-43/h1-36,54H/b34-27+. The summed E-state index contributed by atoms with van der Waals surface area (Å²) in [6.07, 6.45) is 7.67.